The van der Waals surface area contributed by atoms with Gasteiger partial charge in [-0.25, -0.2) is 9.37 Å². The first-order chi connectivity index (χ1) is 15.1. The Hall–Kier alpha value is -3.24. The van der Waals surface area contributed by atoms with Crippen LogP contribution in [-0.2, 0) is 15.8 Å². The molecule has 1 heterocycles. The summed E-state index contributed by atoms with van der Waals surface area (Å²) >= 11 is 6.67. The molecule has 0 aliphatic carbocycles. The quantitative estimate of drug-likeness (QED) is 0.342. The summed E-state index contributed by atoms with van der Waals surface area (Å²) in [5, 5.41) is 3.83. The summed E-state index contributed by atoms with van der Waals surface area (Å²) in [7, 11) is 0. The van der Waals surface area contributed by atoms with Crippen molar-refractivity contribution in [1.29, 1.82) is 0 Å². The summed E-state index contributed by atoms with van der Waals surface area (Å²) in [6.07, 6.45) is -2.14. The van der Waals surface area contributed by atoms with E-state index in [0.29, 0.717) is 0 Å². The zero-order valence-corrected chi connectivity index (χ0v) is 17.9. The Morgan fingerprint density at radius 2 is 1.91 bits per heavy atom. The fraction of sp³-hybridized carbons (Fsp3) is 0.0952. The fourth-order valence-electron chi connectivity index (χ4n) is 2.64. The van der Waals surface area contributed by atoms with E-state index in [1.807, 2.05) is 0 Å². The van der Waals surface area contributed by atoms with E-state index in [2.05, 4.69) is 10.3 Å². The molecule has 1 N–H and O–H groups in total. The highest BCUT2D eigenvalue weighted by atomic mass is 35.5. The number of benzene rings is 2. The predicted molar refractivity (Wildman–Crippen MR) is 115 cm³/mol. The van der Waals surface area contributed by atoms with Crippen LogP contribution in [0.15, 0.2) is 53.9 Å². The van der Waals surface area contributed by atoms with Crippen molar-refractivity contribution in [3.05, 3.63) is 76.0 Å². The molecule has 5 nitrogen and oxygen atoms in total. The average molecular weight is 484 g/mol. The lowest BCUT2D eigenvalue weighted by Crippen LogP contribution is -2.23. The summed E-state index contributed by atoms with van der Waals surface area (Å²) in [4.78, 5) is 29.4. The topological polar surface area (TPSA) is 62.3 Å². The largest absolute Gasteiger partial charge is 0.416 e. The molecular weight excluding hydrogens is 470 g/mol. The molecule has 11 heteroatoms. The van der Waals surface area contributed by atoms with Gasteiger partial charge in [0.1, 0.15) is 0 Å². The van der Waals surface area contributed by atoms with Crippen molar-refractivity contribution in [3.63, 3.8) is 0 Å². The zero-order chi connectivity index (χ0) is 23.5. The van der Waals surface area contributed by atoms with Crippen LogP contribution < -0.4 is 10.2 Å². The monoisotopic (exact) mass is 483 g/mol. The molecule has 0 spiro atoms. The van der Waals surface area contributed by atoms with Crippen LogP contribution in [0, 0.1) is 5.82 Å². The molecule has 0 bridgehead atoms. The van der Waals surface area contributed by atoms with Crippen LogP contribution in [0.2, 0.25) is 5.02 Å². The first-order valence-electron chi connectivity index (χ1n) is 8.93. The van der Waals surface area contributed by atoms with Crippen LogP contribution in [0.4, 0.5) is 34.1 Å². The number of alkyl halides is 3. The predicted octanol–water partition coefficient (Wildman–Crippen LogP) is 6.29. The van der Waals surface area contributed by atoms with Crippen molar-refractivity contribution in [2.45, 2.75) is 13.1 Å². The average Bonchev–Trinajstić information content (AvgIpc) is 3.18. The number of carbonyl (C=O) groups is 2. The molecule has 0 saturated heterocycles. The molecule has 1 aromatic heterocycles. The third-order valence-electron chi connectivity index (χ3n) is 4.06. The molecule has 2 aromatic carbocycles. The minimum atomic E-state index is -4.56. The van der Waals surface area contributed by atoms with E-state index in [1.165, 1.54) is 48.7 Å². The molecule has 0 unspecified atom stereocenters. The molecule has 0 fully saturated rings. The zero-order valence-electron chi connectivity index (χ0n) is 16.3. The Morgan fingerprint density at radius 1 is 1.19 bits per heavy atom. The Kier molecular flexibility index (Phi) is 6.95. The van der Waals surface area contributed by atoms with Crippen molar-refractivity contribution in [1.82, 2.24) is 4.98 Å². The highest BCUT2D eigenvalue weighted by molar-refractivity contribution is 7.14. The maximum Gasteiger partial charge on any atom is 0.416 e. The highest BCUT2D eigenvalue weighted by Crippen LogP contribution is 2.35. The van der Waals surface area contributed by atoms with Gasteiger partial charge in [-0.1, -0.05) is 23.7 Å². The van der Waals surface area contributed by atoms with E-state index < -0.39 is 29.4 Å². The number of nitrogens with zero attached hydrogens (tertiary/aromatic N) is 2. The number of nitrogens with one attached hydrogen (secondary N) is 1. The molecule has 0 aliphatic heterocycles. The summed E-state index contributed by atoms with van der Waals surface area (Å²) in [6, 6.07) is 8.46. The minimum Gasteiger partial charge on any atom is -0.320 e. The fourth-order valence-corrected chi connectivity index (χ4v) is 3.67. The molecule has 0 aliphatic rings. The van der Waals surface area contributed by atoms with Gasteiger partial charge in [0, 0.05) is 18.4 Å². The number of thiazole rings is 1. The van der Waals surface area contributed by atoms with Crippen LogP contribution in [0.1, 0.15) is 18.2 Å². The van der Waals surface area contributed by atoms with Gasteiger partial charge in [-0.2, -0.15) is 13.2 Å². The van der Waals surface area contributed by atoms with E-state index in [4.69, 9.17) is 11.6 Å². The molecule has 3 rings (SSSR count). The SMILES string of the molecule is CC(=O)N(c1cccc(C(F)(F)F)c1)c1nc(/C=C/C(=O)Nc2cccc(Cl)c2F)cs1. The molecular formula is C21H14ClF4N3O2S. The van der Waals surface area contributed by atoms with E-state index in [1.54, 1.807) is 0 Å². The molecule has 32 heavy (non-hydrogen) atoms. The number of carbonyl (C=O) groups excluding carboxylic acids is 2. The van der Waals surface area contributed by atoms with Crippen molar-refractivity contribution in [2.24, 2.45) is 0 Å². The third-order valence-corrected chi connectivity index (χ3v) is 5.20. The first kappa shape index (κ1) is 23.4. The van der Waals surface area contributed by atoms with Crippen LogP contribution in [-0.4, -0.2) is 16.8 Å². The van der Waals surface area contributed by atoms with Crippen molar-refractivity contribution in [3.8, 4) is 0 Å². The lowest BCUT2D eigenvalue weighted by Gasteiger charge is -2.19. The van der Waals surface area contributed by atoms with Gasteiger partial charge in [-0.3, -0.25) is 14.5 Å². The molecule has 3 aromatic rings. The second kappa shape index (κ2) is 9.49. The minimum absolute atomic E-state index is 0.00591. The van der Waals surface area contributed by atoms with Crippen molar-refractivity contribution < 1.29 is 27.2 Å². The van der Waals surface area contributed by atoms with E-state index in [0.717, 1.165) is 34.4 Å². The standard InChI is InChI=1S/C21H14ClF4N3O2S/c1-12(30)29(15-5-2-4-13(10-15)21(24,25)26)20-27-14(11-32-20)8-9-18(31)28-17-7-3-6-16(22)19(17)23/h2-11H,1H3,(H,28,31)/b9-8+. The van der Waals surface area contributed by atoms with Gasteiger partial charge in [-0.05, 0) is 36.4 Å². The number of hydrogen-bond acceptors (Lipinski definition) is 4. The van der Waals surface area contributed by atoms with Gasteiger partial charge < -0.3 is 5.32 Å². The second-order valence-electron chi connectivity index (χ2n) is 6.38. The van der Waals surface area contributed by atoms with E-state index >= 15 is 0 Å². The highest BCUT2D eigenvalue weighted by Gasteiger charge is 2.31. The summed E-state index contributed by atoms with van der Waals surface area (Å²) in [6.45, 7) is 1.20. The Labute approximate surface area is 189 Å². The normalized spacial score (nSPS) is 11.6. The van der Waals surface area contributed by atoms with Crippen molar-refractivity contribution >= 4 is 57.3 Å². The second-order valence-corrected chi connectivity index (χ2v) is 7.63. The third kappa shape index (κ3) is 5.51. The van der Waals surface area contributed by atoms with Gasteiger partial charge in [-0.15, -0.1) is 11.3 Å². The number of hydrogen-bond donors (Lipinski definition) is 1. The van der Waals surface area contributed by atoms with Crippen LogP contribution in [0.5, 0.6) is 0 Å². The first-order valence-corrected chi connectivity index (χ1v) is 10.2. The number of anilines is 3. The number of aromatic nitrogens is 1. The Bertz CT molecular complexity index is 1190. The Balaban J connectivity index is 1.79. The van der Waals surface area contributed by atoms with Crippen LogP contribution in [0.3, 0.4) is 0 Å². The lowest BCUT2D eigenvalue weighted by atomic mass is 10.2. The van der Waals surface area contributed by atoms with Gasteiger partial charge >= 0.3 is 6.18 Å². The molecule has 0 atom stereocenters. The lowest BCUT2D eigenvalue weighted by molar-refractivity contribution is -0.137. The molecule has 0 radical (unpaired) electrons. The van der Waals surface area contributed by atoms with Crippen LogP contribution in [0.25, 0.3) is 6.08 Å². The molecule has 166 valence electrons. The number of amides is 2. The van der Waals surface area contributed by atoms with E-state index in [-0.39, 0.29) is 27.2 Å². The summed E-state index contributed by atoms with van der Waals surface area (Å²) in [5.74, 6) is -1.96. The molecule has 0 saturated carbocycles. The number of rotatable bonds is 5. The maximum atomic E-state index is 13.9. The summed E-state index contributed by atoms with van der Waals surface area (Å²) in [5.41, 5.74) is -0.711. The summed E-state index contributed by atoms with van der Waals surface area (Å²) < 4.78 is 52.9. The number of halogens is 5. The maximum absolute atomic E-state index is 13.9. The Morgan fingerprint density at radius 3 is 2.59 bits per heavy atom. The van der Waals surface area contributed by atoms with Gasteiger partial charge in [0.25, 0.3) is 0 Å². The molecule has 2 amide bonds. The van der Waals surface area contributed by atoms with Gasteiger partial charge in [0.15, 0.2) is 10.9 Å². The smallest absolute Gasteiger partial charge is 0.320 e. The van der Waals surface area contributed by atoms with Gasteiger partial charge in [0.05, 0.1) is 27.7 Å². The van der Waals surface area contributed by atoms with Crippen molar-refractivity contribution in [2.75, 3.05) is 10.2 Å². The van der Waals surface area contributed by atoms with Gasteiger partial charge in [0.2, 0.25) is 11.8 Å². The van der Waals surface area contributed by atoms with E-state index in [9.17, 15) is 27.2 Å². The van der Waals surface area contributed by atoms with Crippen LogP contribution >= 0.6 is 22.9 Å².